The minimum atomic E-state index is -0.376. The van der Waals surface area contributed by atoms with Crippen LogP contribution in [-0.2, 0) is 10.5 Å². The van der Waals surface area contributed by atoms with Crippen LogP contribution in [0.15, 0.2) is 48.5 Å². The van der Waals surface area contributed by atoms with Crippen molar-refractivity contribution >= 4 is 29.3 Å². The first-order valence-electron chi connectivity index (χ1n) is 9.31. The van der Waals surface area contributed by atoms with Gasteiger partial charge in [0.25, 0.3) is 11.8 Å². The van der Waals surface area contributed by atoms with Crippen LogP contribution < -0.4 is 10.2 Å². The summed E-state index contributed by atoms with van der Waals surface area (Å²) in [5.41, 5.74) is 2.33. The van der Waals surface area contributed by atoms with E-state index in [-0.39, 0.29) is 17.6 Å². The first kappa shape index (κ1) is 20.4. The van der Waals surface area contributed by atoms with Crippen LogP contribution in [0.5, 0.6) is 0 Å². The van der Waals surface area contributed by atoms with Crippen molar-refractivity contribution in [2.75, 3.05) is 44.3 Å². The number of benzene rings is 2. The molecule has 1 aliphatic heterocycles. The first-order chi connectivity index (χ1) is 13.5. The average molecular weight is 403 g/mol. The molecule has 2 aromatic carbocycles. The average Bonchev–Trinajstić information content (AvgIpc) is 2.68. The standard InChI is InChI=1S/C21H24FN3O2S/c1-28-15-16-4-2-5-17(12-16)21(27)25-10-8-24(9-11-25)14-20(26)23-19-7-3-6-18(22)13-19/h2-7,12-13H,8-11,14-15H2,1H3,(H,23,26)/p+1. The highest BCUT2D eigenvalue weighted by Gasteiger charge is 2.26. The second kappa shape index (κ2) is 9.71. The number of nitrogens with one attached hydrogen (secondary N) is 2. The molecule has 1 aliphatic rings. The lowest BCUT2D eigenvalue weighted by molar-refractivity contribution is -0.895. The van der Waals surface area contributed by atoms with Crippen LogP contribution in [0.1, 0.15) is 15.9 Å². The monoisotopic (exact) mass is 402 g/mol. The predicted octanol–water partition coefficient (Wildman–Crippen LogP) is 1.67. The quantitative estimate of drug-likeness (QED) is 0.773. The second-order valence-corrected chi connectivity index (χ2v) is 7.78. The van der Waals surface area contributed by atoms with Crippen molar-refractivity contribution in [3.8, 4) is 0 Å². The van der Waals surface area contributed by atoms with Crippen molar-refractivity contribution in [3.63, 3.8) is 0 Å². The van der Waals surface area contributed by atoms with Crippen molar-refractivity contribution in [1.82, 2.24) is 4.90 Å². The third-order valence-electron chi connectivity index (χ3n) is 4.76. The van der Waals surface area contributed by atoms with Crippen LogP contribution in [0.25, 0.3) is 0 Å². The fourth-order valence-electron chi connectivity index (χ4n) is 3.34. The van der Waals surface area contributed by atoms with Gasteiger partial charge in [0, 0.05) is 17.0 Å². The van der Waals surface area contributed by atoms with Gasteiger partial charge in [0.2, 0.25) is 0 Å². The second-order valence-electron chi connectivity index (χ2n) is 6.91. The van der Waals surface area contributed by atoms with Crippen molar-refractivity contribution < 1.29 is 18.9 Å². The molecule has 1 fully saturated rings. The van der Waals surface area contributed by atoms with Crippen LogP contribution in [0, 0.1) is 5.82 Å². The van der Waals surface area contributed by atoms with Gasteiger partial charge in [0.05, 0.1) is 26.2 Å². The molecule has 0 radical (unpaired) electrons. The molecule has 148 valence electrons. The number of halogens is 1. The molecule has 0 aromatic heterocycles. The molecular weight excluding hydrogens is 377 g/mol. The van der Waals surface area contributed by atoms with E-state index in [0.29, 0.717) is 38.4 Å². The topological polar surface area (TPSA) is 53.9 Å². The molecule has 5 nitrogen and oxygen atoms in total. The fourth-order valence-corrected chi connectivity index (χ4v) is 3.86. The van der Waals surface area contributed by atoms with Gasteiger partial charge in [-0.25, -0.2) is 4.39 Å². The van der Waals surface area contributed by atoms with Crippen molar-refractivity contribution in [2.24, 2.45) is 0 Å². The van der Waals surface area contributed by atoms with Crippen LogP contribution in [-0.4, -0.2) is 55.7 Å². The van der Waals surface area contributed by atoms with E-state index in [2.05, 4.69) is 5.32 Å². The summed E-state index contributed by atoms with van der Waals surface area (Å²) in [6.45, 7) is 2.98. The molecule has 2 aromatic rings. The minimum absolute atomic E-state index is 0.0474. The van der Waals surface area contributed by atoms with E-state index in [1.165, 1.54) is 12.1 Å². The number of hydrogen-bond acceptors (Lipinski definition) is 3. The summed E-state index contributed by atoms with van der Waals surface area (Å²) in [6.07, 6.45) is 2.04. The van der Waals surface area contributed by atoms with E-state index >= 15 is 0 Å². The summed E-state index contributed by atoms with van der Waals surface area (Å²) in [4.78, 5) is 27.9. The number of piperazine rings is 1. The number of thioether (sulfide) groups is 1. The van der Waals surface area contributed by atoms with Gasteiger partial charge in [-0.15, -0.1) is 0 Å². The summed E-state index contributed by atoms with van der Waals surface area (Å²) >= 11 is 1.73. The number of rotatable bonds is 6. The number of anilines is 1. The number of carbonyl (C=O) groups excluding carboxylic acids is 2. The molecule has 0 spiro atoms. The largest absolute Gasteiger partial charge is 0.327 e. The zero-order valence-corrected chi connectivity index (χ0v) is 16.7. The van der Waals surface area contributed by atoms with Gasteiger partial charge in [0.1, 0.15) is 5.82 Å². The summed E-state index contributed by atoms with van der Waals surface area (Å²) in [6, 6.07) is 13.7. The molecule has 28 heavy (non-hydrogen) atoms. The Labute approximate surface area is 168 Å². The Bertz CT molecular complexity index is 838. The Morgan fingerprint density at radius 3 is 2.61 bits per heavy atom. The molecule has 0 unspecified atom stereocenters. The van der Waals surface area contributed by atoms with Gasteiger partial charge in [-0.05, 0) is 42.2 Å². The first-order valence-corrected chi connectivity index (χ1v) is 10.7. The van der Waals surface area contributed by atoms with Gasteiger partial charge in [-0.1, -0.05) is 18.2 Å². The van der Waals surface area contributed by atoms with E-state index in [0.717, 1.165) is 21.8 Å². The van der Waals surface area contributed by atoms with Crippen LogP contribution >= 0.6 is 11.8 Å². The molecule has 7 heteroatoms. The Balaban J connectivity index is 1.49. The fraction of sp³-hybridized carbons (Fsp3) is 0.333. The molecule has 2 N–H and O–H groups in total. The Morgan fingerprint density at radius 1 is 1.14 bits per heavy atom. The Hall–Kier alpha value is -2.38. The summed E-state index contributed by atoms with van der Waals surface area (Å²) < 4.78 is 13.2. The van der Waals surface area contributed by atoms with Crippen molar-refractivity contribution in [1.29, 1.82) is 0 Å². The SMILES string of the molecule is CSCc1cccc(C(=O)N2CC[NH+](CC(=O)Nc3cccc(F)c3)CC2)c1. The number of quaternary nitrogens is 1. The lowest BCUT2D eigenvalue weighted by Gasteiger charge is -2.32. The van der Waals surface area contributed by atoms with Gasteiger partial charge < -0.3 is 15.1 Å². The van der Waals surface area contributed by atoms with Crippen LogP contribution in [0.4, 0.5) is 10.1 Å². The van der Waals surface area contributed by atoms with E-state index in [1.807, 2.05) is 35.4 Å². The number of hydrogen-bond donors (Lipinski definition) is 2. The van der Waals surface area contributed by atoms with Gasteiger partial charge >= 0.3 is 0 Å². The Morgan fingerprint density at radius 2 is 1.89 bits per heavy atom. The highest BCUT2D eigenvalue weighted by atomic mass is 32.2. The molecular formula is C21H25FN3O2S+. The smallest absolute Gasteiger partial charge is 0.279 e. The van der Waals surface area contributed by atoms with Crippen molar-refractivity contribution in [2.45, 2.75) is 5.75 Å². The highest BCUT2D eigenvalue weighted by Crippen LogP contribution is 2.13. The maximum absolute atomic E-state index is 13.2. The molecule has 1 saturated heterocycles. The third kappa shape index (κ3) is 5.56. The lowest BCUT2D eigenvalue weighted by Crippen LogP contribution is -3.15. The molecule has 0 aliphatic carbocycles. The zero-order chi connectivity index (χ0) is 19.9. The zero-order valence-electron chi connectivity index (χ0n) is 15.9. The molecule has 1 heterocycles. The van der Waals surface area contributed by atoms with Gasteiger partial charge in [0.15, 0.2) is 6.54 Å². The number of amides is 2. The normalized spacial score (nSPS) is 14.7. The van der Waals surface area contributed by atoms with Crippen LogP contribution in [0.2, 0.25) is 0 Å². The maximum atomic E-state index is 13.2. The molecule has 0 bridgehead atoms. The van der Waals surface area contributed by atoms with Crippen molar-refractivity contribution in [3.05, 3.63) is 65.5 Å². The predicted molar refractivity (Wildman–Crippen MR) is 110 cm³/mol. The minimum Gasteiger partial charge on any atom is -0.327 e. The summed E-state index contributed by atoms with van der Waals surface area (Å²) in [5, 5.41) is 2.73. The summed E-state index contributed by atoms with van der Waals surface area (Å²) in [7, 11) is 0. The third-order valence-corrected chi connectivity index (χ3v) is 5.38. The Kier molecular flexibility index (Phi) is 7.06. The van der Waals surface area contributed by atoms with Gasteiger partial charge in [-0.2, -0.15) is 11.8 Å². The molecule has 3 rings (SSSR count). The van der Waals surface area contributed by atoms with E-state index < -0.39 is 0 Å². The maximum Gasteiger partial charge on any atom is 0.279 e. The highest BCUT2D eigenvalue weighted by molar-refractivity contribution is 7.97. The lowest BCUT2D eigenvalue weighted by atomic mass is 10.1. The van der Waals surface area contributed by atoms with E-state index in [9.17, 15) is 14.0 Å². The summed E-state index contributed by atoms with van der Waals surface area (Å²) in [5.74, 6) is 0.412. The molecule has 0 atom stereocenters. The molecule has 0 saturated carbocycles. The van der Waals surface area contributed by atoms with E-state index in [4.69, 9.17) is 0 Å². The van der Waals surface area contributed by atoms with Gasteiger partial charge in [-0.3, -0.25) is 9.59 Å². The number of carbonyl (C=O) groups is 2. The van der Waals surface area contributed by atoms with E-state index in [1.54, 1.807) is 23.9 Å². The molecule has 2 amide bonds. The number of nitrogens with zero attached hydrogens (tertiary/aromatic N) is 1. The van der Waals surface area contributed by atoms with Crippen LogP contribution in [0.3, 0.4) is 0 Å².